The number of rotatable bonds is 4. The first kappa shape index (κ1) is 19.0. The van der Waals surface area contributed by atoms with Crippen LogP contribution in [0.2, 0.25) is 0 Å². The van der Waals surface area contributed by atoms with Crippen molar-refractivity contribution in [2.45, 2.75) is 38.8 Å². The van der Waals surface area contributed by atoms with Crippen LogP contribution in [0, 0.1) is 22.7 Å². The predicted octanol–water partition coefficient (Wildman–Crippen LogP) is 1.61. The van der Waals surface area contributed by atoms with Crippen LogP contribution in [-0.4, -0.2) is 30.7 Å². The lowest BCUT2D eigenvalue weighted by atomic mass is 10.00. The van der Waals surface area contributed by atoms with Crippen LogP contribution in [0.15, 0.2) is 18.2 Å². The molecule has 0 bridgehead atoms. The zero-order valence-corrected chi connectivity index (χ0v) is 14.1. The molecule has 126 valence electrons. The lowest BCUT2D eigenvalue weighted by Crippen LogP contribution is -2.48. The number of hydrogen-bond acceptors (Lipinski definition) is 5. The number of alkyl carbamates (subject to hydrolysis) is 1. The van der Waals surface area contributed by atoms with E-state index in [9.17, 15) is 9.59 Å². The average molecular weight is 328 g/mol. The third-order valence-electron chi connectivity index (χ3n) is 3.02. The highest BCUT2D eigenvalue weighted by Gasteiger charge is 2.24. The molecular weight excluding hydrogens is 308 g/mol. The molecule has 0 saturated carbocycles. The van der Waals surface area contributed by atoms with Gasteiger partial charge in [0.15, 0.2) is 0 Å². The van der Waals surface area contributed by atoms with Crippen LogP contribution >= 0.6 is 0 Å². The van der Waals surface area contributed by atoms with Gasteiger partial charge >= 0.3 is 6.09 Å². The molecule has 1 rings (SSSR count). The van der Waals surface area contributed by atoms with Gasteiger partial charge < -0.3 is 15.4 Å². The highest BCUT2D eigenvalue weighted by Crippen LogP contribution is 2.13. The Hall–Kier alpha value is -3.06. The molecule has 7 heteroatoms. The molecule has 1 atom stereocenters. The van der Waals surface area contributed by atoms with Crippen molar-refractivity contribution in [3.8, 4) is 12.1 Å². The van der Waals surface area contributed by atoms with E-state index in [4.69, 9.17) is 15.3 Å². The summed E-state index contributed by atoms with van der Waals surface area (Å²) < 4.78 is 5.16. The summed E-state index contributed by atoms with van der Waals surface area (Å²) in [5, 5.41) is 23.0. The Balaban J connectivity index is 2.96. The second-order valence-electron chi connectivity index (χ2n) is 6.12. The van der Waals surface area contributed by atoms with Gasteiger partial charge in [0, 0.05) is 13.5 Å². The Morgan fingerprint density at radius 2 is 1.83 bits per heavy atom. The summed E-state index contributed by atoms with van der Waals surface area (Å²) in [6.45, 7) is 5.17. The molecular formula is C17H20N4O3. The van der Waals surface area contributed by atoms with E-state index in [1.807, 2.05) is 12.1 Å². The molecule has 0 aliphatic carbocycles. The smallest absolute Gasteiger partial charge is 0.408 e. The second kappa shape index (κ2) is 7.98. The van der Waals surface area contributed by atoms with Gasteiger partial charge in [-0.05, 0) is 38.5 Å². The summed E-state index contributed by atoms with van der Waals surface area (Å²) >= 11 is 0. The molecule has 0 radical (unpaired) electrons. The molecule has 0 aliphatic heterocycles. The average Bonchev–Trinajstić information content (AvgIpc) is 2.51. The van der Waals surface area contributed by atoms with E-state index in [0.717, 1.165) is 0 Å². The lowest BCUT2D eigenvalue weighted by molar-refractivity contribution is -0.122. The third kappa shape index (κ3) is 5.62. The van der Waals surface area contributed by atoms with Crippen molar-refractivity contribution in [1.82, 2.24) is 10.6 Å². The fraction of sp³-hybridized carbons (Fsp3) is 0.412. The highest BCUT2D eigenvalue weighted by atomic mass is 16.6. The van der Waals surface area contributed by atoms with Crippen LogP contribution in [0.3, 0.4) is 0 Å². The minimum Gasteiger partial charge on any atom is -0.444 e. The molecule has 0 saturated heterocycles. The molecule has 2 N–H and O–H groups in total. The predicted molar refractivity (Wildman–Crippen MR) is 86.8 cm³/mol. The first-order chi connectivity index (χ1) is 11.2. The van der Waals surface area contributed by atoms with Gasteiger partial charge in [-0.2, -0.15) is 10.5 Å². The zero-order valence-electron chi connectivity index (χ0n) is 14.1. The number of carbonyl (C=O) groups excluding carboxylic acids is 2. The van der Waals surface area contributed by atoms with Gasteiger partial charge in [0.1, 0.15) is 23.8 Å². The van der Waals surface area contributed by atoms with Crippen molar-refractivity contribution >= 4 is 12.0 Å². The number of benzene rings is 1. The van der Waals surface area contributed by atoms with Crippen molar-refractivity contribution in [3.05, 3.63) is 34.9 Å². The van der Waals surface area contributed by atoms with Gasteiger partial charge in [-0.25, -0.2) is 4.79 Å². The van der Waals surface area contributed by atoms with Crippen LogP contribution in [-0.2, 0) is 16.0 Å². The molecule has 1 unspecified atom stereocenters. The Kier molecular flexibility index (Phi) is 6.31. The third-order valence-corrected chi connectivity index (χ3v) is 3.02. The van der Waals surface area contributed by atoms with Crippen molar-refractivity contribution in [3.63, 3.8) is 0 Å². The molecule has 1 aromatic rings. The molecule has 0 aliphatic rings. The summed E-state index contributed by atoms with van der Waals surface area (Å²) in [4.78, 5) is 23.9. The van der Waals surface area contributed by atoms with E-state index < -0.39 is 17.7 Å². The van der Waals surface area contributed by atoms with E-state index in [2.05, 4.69) is 10.6 Å². The molecule has 0 heterocycles. The zero-order chi connectivity index (χ0) is 18.3. The number of ether oxygens (including phenoxy) is 1. The van der Waals surface area contributed by atoms with Gasteiger partial charge in [-0.1, -0.05) is 6.07 Å². The summed E-state index contributed by atoms with van der Waals surface area (Å²) in [5.74, 6) is -0.385. The number of amides is 2. The maximum atomic E-state index is 12.0. The summed E-state index contributed by atoms with van der Waals surface area (Å²) in [6.07, 6.45) is -0.537. The maximum Gasteiger partial charge on any atom is 0.408 e. The van der Waals surface area contributed by atoms with Gasteiger partial charge in [0.25, 0.3) is 0 Å². The molecule has 0 spiro atoms. The SMILES string of the molecule is CNC(=O)C(Cc1ccc(C#N)c(C#N)c1)NC(=O)OC(C)(C)C. The molecule has 0 fully saturated rings. The minimum absolute atomic E-state index is 0.166. The normalized spacial score (nSPS) is 11.6. The monoisotopic (exact) mass is 328 g/mol. The summed E-state index contributed by atoms with van der Waals surface area (Å²) in [7, 11) is 1.46. The number of nitriles is 2. The van der Waals surface area contributed by atoms with Crippen molar-refractivity contribution in [2.75, 3.05) is 7.05 Å². The number of nitrogens with zero attached hydrogens (tertiary/aromatic N) is 2. The summed E-state index contributed by atoms with van der Waals surface area (Å²) in [6, 6.07) is 7.70. The number of hydrogen-bond donors (Lipinski definition) is 2. The first-order valence-electron chi connectivity index (χ1n) is 7.34. The number of carbonyl (C=O) groups is 2. The van der Waals surface area contributed by atoms with Crippen LogP contribution in [0.4, 0.5) is 4.79 Å². The van der Waals surface area contributed by atoms with E-state index in [-0.39, 0.29) is 23.5 Å². The Bertz CT molecular complexity index is 708. The van der Waals surface area contributed by atoms with E-state index in [0.29, 0.717) is 5.56 Å². The van der Waals surface area contributed by atoms with Crippen LogP contribution in [0.1, 0.15) is 37.5 Å². The molecule has 7 nitrogen and oxygen atoms in total. The fourth-order valence-corrected chi connectivity index (χ4v) is 1.98. The lowest BCUT2D eigenvalue weighted by Gasteiger charge is -2.23. The van der Waals surface area contributed by atoms with Crippen LogP contribution in [0.25, 0.3) is 0 Å². The highest BCUT2D eigenvalue weighted by molar-refractivity contribution is 5.85. The van der Waals surface area contributed by atoms with Crippen molar-refractivity contribution < 1.29 is 14.3 Å². The molecule has 24 heavy (non-hydrogen) atoms. The molecule has 2 amide bonds. The fourth-order valence-electron chi connectivity index (χ4n) is 1.98. The Morgan fingerprint density at radius 1 is 1.21 bits per heavy atom. The second-order valence-corrected chi connectivity index (χ2v) is 6.12. The maximum absolute atomic E-state index is 12.0. The Morgan fingerprint density at radius 3 is 2.33 bits per heavy atom. The van der Waals surface area contributed by atoms with Gasteiger partial charge in [-0.15, -0.1) is 0 Å². The molecule has 0 aromatic heterocycles. The first-order valence-corrected chi connectivity index (χ1v) is 7.34. The van der Waals surface area contributed by atoms with Crippen LogP contribution in [0.5, 0.6) is 0 Å². The van der Waals surface area contributed by atoms with Crippen LogP contribution < -0.4 is 10.6 Å². The standard InChI is InChI=1S/C17H20N4O3/c1-17(2,3)24-16(23)21-14(15(22)20-4)8-11-5-6-12(9-18)13(7-11)10-19/h5-7,14H,8H2,1-4H3,(H,20,22)(H,21,23). The number of likely N-dealkylation sites (N-methyl/N-ethyl adjacent to an activating group) is 1. The topological polar surface area (TPSA) is 115 Å². The van der Waals surface area contributed by atoms with E-state index >= 15 is 0 Å². The van der Waals surface area contributed by atoms with Gasteiger partial charge in [-0.3, -0.25) is 4.79 Å². The minimum atomic E-state index is -0.857. The van der Waals surface area contributed by atoms with Crippen molar-refractivity contribution in [1.29, 1.82) is 10.5 Å². The van der Waals surface area contributed by atoms with E-state index in [1.54, 1.807) is 26.8 Å². The largest absolute Gasteiger partial charge is 0.444 e. The van der Waals surface area contributed by atoms with E-state index in [1.165, 1.54) is 19.2 Å². The Labute approximate surface area is 141 Å². The van der Waals surface area contributed by atoms with Crippen molar-refractivity contribution in [2.24, 2.45) is 0 Å². The number of nitrogens with one attached hydrogen (secondary N) is 2. The quantitative estimate of drug-likeness (QED) is 0.871. The molecule has 1 aromatic carbocycles. The van der Waals surface area contributed by atoms with Gasteiger partial charge in [0.2, 0.25) is 5.91 Å². The van der Waals surface area contributed by atoms with Gasteiger partial charge in [0.05, 0.1) is 11.1 Å². The summed E-state index contributed by atoms with van der Waals surface area (Å²) in [5.41, 5.74) is 0.454.